The van der Waals surface area contributed by atoms with Crippen LogP contribution in [0.15, 0.2) is 41.7 Å². The van der Waals surface area contributed by atoms with Crippen molar-refractivity contribution in [3.63, 3.8) is 0 Å². The van der Waals surface area contributed by atoms with E-state index in [2.05, 4.69) is 52.0 Å². The van der Waals surface area contributed by atoms with Crippen LogP contribution < -0.4 is 4.74 Å². The molecule has 0 bridgehead atoms. The van der Waals surface area contributed by atoms with E-state index in [-0.39, 0.29) is 0 Å². The first-order valence-corrected chi connectivity index (χ1v) is 6.19. The maximum absolute atomic E-state index is 5.89. The Morgan fingerprint density at radius 1 is 1.12 bits per heavy atom. The lowest BCUT2D eigenvalue weighted by Crippen LogP contribution is -2.04. The number of aryl methyl sites for hydroxylation is 2. The SMILES string of the molecule is CC1=CC(Oc2ccc(C)c(C)c2)=CCC1C. The molecule has 1 unspecified atom stereocenters. The van der Waals surface area contributed by atoms with Crippen LogP contribution in [0.25, 0.3) is 0 Å². The topological polar surface area (TPSA) is 9.23 Å². The normalized spacial score (nSPS) is 19.6. The van der Waals surface area contributed by atoms with Gasteiger partial charge < -0.3 is 4.74 Å². The van der Waals surface area contributed by atoms with Gasteiger partial charge in [0.1, 0.15) is 11.5 Å². The molecule has 17 heavy (non-hydrogen) atoms. The quantitative estimate of drug-likeness (QED) is 0.721. The van der Waals surface area contributed by atoms with Gasteiger partial charge in [-0.25, -0.2) is 0 Å². The molecule has 0 amide bonds. The van der Waals surface area contributed by atoms with E-state index in [9.17, 15) is 0 Å². The highest BCUT2D eigenvalue weighted by atomic mass is 16.5. The zero-order chi connectivity index (χ0) is 12.4. The summed E-state index contributed by atoms with van der Waals surface area (Å²) in [5, 5.41) is 0. The van der Waals surface area contributed by atoms with Crippen LogP contribution in [0.5, 0.6) is 5.75 Å². The standard InChI is InChI=1S/C16H20O/c1-11-5-7-15(9-13(11)3)17-16-8-6-12(2)14(4)10-16/h5,7-10,12H,6H2,1-4H3. The molecule has 0 fully saturated rings. The molecule has 0 aromatic heterocycles. The van der Waals surface area contributed by atoms with Gasteiger partial charge in [-0.2, -0.15) is 0 Å². The number of benzene rings is 1. The molecule has 0 aliphatic heterocycles. The van der Waals surface area contributed by atoms with Crippen LogP contribution in [0.4, 0.5) is 0 Å². The maximum atomic E-state index is 5.89. The summed E-state index contributed by atoms with van der Waals surface area (Å²) >= 11 is 0. The lowest BCUT2D eigenvalue weighted by molar-refractivity contribution is 0.431. The highest BCUT2D eigenvalue weighted by Gasteiger charge is 2.11. The molecule has 0 heterocycles. The third-order valence-electron chi connectivity index (χ3n) is 3.53. The van der Waals surface area contributed by atoms with Crippen LogP contribution >= 0.6 is 0 Å². The molecule has 1 nitrogen and oxygen atoms in total. The predicted octanol–water partition coefficient (Wildman–Crippen LogP) is 4.55. The molecule has 0 saturated heterocycles. The van der Waals surface area contributed by atoms with E-state index in [1.807, 2.05) is 6.07 Å². The van der Waals surface area contributed by atoms with Gasteiger partial charge in [0.05, 0.1) is 0 Å². The lowest BCUT2D eigenvalue weighted by atomic mass is 9.94. The second-order valence-corrected chi connectivity index (χ2v) is 4.98. The first kappa shape index (κ1) is 12.0. The van der Waals surface area contributed by atoms with Crippen LogP contribution in [0.1, 0.15) is 31.4 Å². The van der Waals surface area contributed by atoms with Crippen molar-refractivity contribution in [3.8, 4) is 5.75 Å². The first-order chi connectivity index (χ1) is 8.06. The molecule has 2 rings (SSSR count). The van der Waals surface area contributed by atoms with Gasteiger partial charge in [-0.15, -0.1) is 0 Å². The summed E-state index contributed by atoms with van der Waals surface area (Å²) in [6, 6.07) is 6.23. The molecular weight excluding hydrogens is 208 g/mol. The summed E-state index contributed by atoms with van der Waals surface area (Å²) in [5.41, 5.74) is 3.97. The van der Waals surface area contributed by atoms with E-state index in [0.29, 0.717) is 5.92 Å². The van der Waals surface area contributed by atoms with Gasteiger partial charge in [0.2, 0.25) is 0 Å². The molecule has 0 saturated carbocycles. The smallest absolute Gasteiger partial charge is 0.127 e. The Bertz CT molecular complexity index is 480. The monoisotopic (exact) mass is 228 g/mol. The third kappa shape index (κ3) is 2.79. The van der Waals surface area contributed by atoms with E-state index in [1.54, 1.807) is 0 Å². The van der Waals surface area contributed by atoms with Crippen LogP contribution in [-0.4, -0.2) is 0 Å². The van der Waals surface area contributed by atoms with Crippen LogP contribution in [0.2, 0.25) is 0 Å². The van der Waals surface area contributed by atoms with Crippen molar-refractivity contribution in [2.24, 2.45) is 5.92 Å². The van der Waals surface area contributed by atoms with Crippen molar-refractivity contribution in [1.29, 1.82) is 0 Å². The average molecular weight is 228 g/mol. The Labute approximate surface area is 104 Å². The van der Waals surface area contributed by atoms with Crippen molar-refractivity contribution >= 4 is 0 Å². The molecular formula is C16H20O. The maximum Gasteiger partial charge on any atom is 0.127 e. The van der Waals surface area contributed by atoms with Gasteiger partial charge >= 0.3 is 0 Å². The Morgan fingerprint density at radius 3 is 2.53 bits per heavy atom. The number of hydrogen-bond acceptors (Lipinski definition) is 1. The van der Waals surface area contributed by atoms with Gasteiger partial charge in [0.15, 0.2) is 0 Å². The Morgan fingerprint density at radius 2 is 1.88 bits per heavy atom. The van der Waals surface area contributed by atoms with Crippen molar-refractivity contribution < 1.29 is 4.74 Å². The molecule has 1 aliphatic rings. The third-order valence-corrected chi connectivity index (χ3v) is 3.53. The molecule has 0 N–H and O–H groups in total. The molecule has 90 valence electrons. The zero-order valence-electron chi connectivity index (χ0n) is 11.1. The minimum Gasteiger partial charge on any atom is -0.458 e. The summed E-state index contributed by atoms with van der Waals surface area (Å²) in [5.74, 6) is 2.55. The largest absolute Gasteiger partial charge is 0.458 e. The zero-order valence-corrected chi connectivity index (χ0v) is 11.1. The summed E-state index contributed by atoms with van der Waals surface area (Å²) in [6.07, 6.45) is 5.39. The highest BCUT2D eigenvalue weighted by molar-refractivity contribution is 5.36. The van der Waals surface area contributed by atoms with Gasteiger partial charge in [-0.3, -0.25) is 0 Å². The minimum absolute atomic E-state index is 0.641. The molecule has 1 aromatic carbocycles. The van der Waals surface area contributed by atoms with Gasteiger partial charge in [0, 0.05) is 0 Å². The fraction of sp³-hybridized carbons (Fsp3) is 0.375. The Balaban J connectivity index is 2.14. The number of allylic oxidation sites excluding steroid dienone is 3. The van der Waals surface area contributed by atoms with Crippen LogP contribution in [-0.2, 0) is 0 Å². The van der Waals surface area contributed by atoms with Crippen molar-refractivity contribution in [1.82, 2.24) is 0 Å². The van der Waals surface area contributed by atoms with Crippen molar-refractivity contribution in [2.45, 2.75) is 34.1 Å². The molecule has 1 aliphatic carbocycles. The summed E-state index contributed by atoms with van der Waals surface area (Å²) in [6.45, 7) is 8.64. The lowest BCUT2D eigenvalue weighted by Gasteiger charge is -2.18. The number of hydrogen-bond donors (Lipinski definition) is 0. The second kappa shape index (κ2) is 4.79. The summed E-state index contributed by atoms with van der Waals surface area (Å²) < 4.78 is 5.89. The minimum atomic E-state index is 0.641. The van der Waals surface area contributed by atoms with E-state index >= 15 is 0 Å². The molecule has 0 radical (unpaired) electrons. The van der Waals surface area contributed by atoms with Crippen molar-refractivity contribution in [3.05, 3.63) is 52.8 Å². The molecule has 1 heteroatoms. The second-order valence-electron chi connectivity index (χ2n) is 4.98. The van der Waals surface area contributed by atoms with Gasteiger partial charge in [-0.05, 0) is 68.5 Å². The summed E-state index contributed by atoms with van der Waals surface area (Å²) in [4.78, 5) is 0. The number of rotatable bonds is 2. The predicted molar refractivity (Wildman–Crippen MR) is 72.2 cm³/mol. The molecule has 1 aromatic rings. The number of ether oxygens (including phenoxy) is 1. The van der Waals surface area contributed by atoms with E-state index in [0.717, 1.165) is 17.9 Å². The Hall–Kier alpha value is -1.50. The average Bonchev–Trinajstić information content (AvgIpc) is 2.29. The fourth-order valence-corrected chi connectivity index (χ4v) is 1.89. The highest BCUT2D eigenvalue weighted by Crippen LogP contribution is 2.26. The van der Waals surface area contributed by atoms with Crippen LogP contribution in [0.3, 0.4) is 0 Å². The Kier molecular flexibility index (Phi) is 3.37. The molecule has 0 spiro atoms. The van der Waals surface area contributed by atoms with Gasteiger partial charge in [-0.1, -0.05) is 18.6 Å². The van der Waals surface area contributed by atoms with Gasteiger partial charge in [0.25, 0.3) is 0 Å². The molecule has 1 atom stereocenters. The van der Waals surface area contributed by atoms with E-state index < -0.39 is 0 Å². The fourth-order valence-electron chi connectivity index (χ4n) is 1.89. The first-order valence-electron chi connectivity index (χ1n) is 6.19. The van der Waals surface area contributed by atoms with Crippen LogP contribution in [0, 0.1) is 19.8 Å². The van der Waals surface area contributed by atoms with Crippen molar-refractivity contribution in [2.75, 3.05) is 0 Å². The van der Waals surface area contributed by atoms with E-state index in [4.69, 9.17) is 4.74 Å². The van der Waals surface area contributed by atoms with E-state index in [1.165, 1.54) is 16.7 Å². The summed E-state index contributed by atoms with van der Waals surface area (Å²) in [7, 11) is 0.